The maximum absolute atomic E-state index is 9.12. The van der Waals surface area contributed by atoms with Gasteiger partial charge in [-0.1, -0.05) is 0 Å². The van der Waals surface area contributed by atoms with Crippen molar-refractivity contribution in [1.82, 2.24) is 0 Å². The molecule has 0 aromatic heterocycles. The first-order chi connectivity index (χ1) is 4.00. The van der Waals surface area contributed by atoms with Crippen LogP contribution in [0.2, 0.25) is 0 Å². The summed E-state index contributed by atoms with van der Waals surface area (Å²) in [6.45, 7) is -0.778. The predicted molar refractivity (Wildman–Crippen MR) is 23.5 cm³/mol. The topological polar surface area (TPSA) is 121 Å². The normalized spacial score (nSPS) is 6.78. The number of carboxylic acid groups (broad SMARTS) is 1. The van der Waals surface area contributed by atoms with Gasteiger partial charge in [-0.2, -0.15) is 0 Å². The minimum atomic E-state index is -1.50. The quantitative estimate of drug-likeness (QED) is 0.307. The summed E-state index contributed by atoms with van der Waals surface area (Å²) in [5, 5.41) is 28.7. The lowest BCUT2D eigenvalue weighted by atomic mass is 10.8. The zero-order valence-electron chi connectivity index (χ0n) is 4.22. The van der Waals surface area contributed by atoms with E-state index in [9.17, 15) is 0 Å². The van der Waals surface area contributed by atoms with Crippen LogP contribution in [0.15, 0.2) is 0 Å². The molecule has 9 heavy (non-hydrogen) atoms. The van der Waals surface area contributed by atoms with E-state index in [1.54, 1.807) is 0 Å². The van der Waals surface area contributed by atoms with E-state index >= 15 is 0 Å². The number of nitrogens with zero attached hydrogens (tertiary/aromatic N) is 1. The molecule has 0 aliphatic heterocycles. The maximum atomic E-state index is 9.12. The van der Waals surface area contributed by atoms with Crippen molar-refractivity contribution >= 4 is 5.97 Å². The Kier molecular flexibility index (Phi) is 7.79. The van der Waals surface area contributed by atoms with Gasteiger partial charge in [0.05, 0.1) is 0 Å². The van der Waals surface area contributed by atoms with Crippen LogP contribution in [0.4, 0.5) is 0 Å². The lowest BCUT2D eigenvalue weighted by Crippen LogP contribution is -1.98. The molecule has 54 valence electrons. The highest BCUT2D eigenvalue weighted by Crippen LogP contribution is 1.48. The van der Waals surface area contributed by atoms with Crippen molar-refractivity contribution in [1.29, 1.82) is 0 Å². The van der Waals surface area contributed by atoms with Crippen molar-refractivity contribution in [2.75, 3.05) is 6.61 Å². The summed E-state index contributed by atoms with van der Waals surface area (Å²) in [5.41, 5.74) is 0. The van der Waals surface area contributed by atoms with Crippen molar-refractivity contribution in [2.45, 2.75) is 0 Å². The zero-order valence-corrected chi connectivity index (χ0v) is 4.22. The Balaban J connectivity index is 0. The summed E-state index contributed by atoms with van der Waals surface area (Å²) in [6, 6.07) is 0. The number of aliphatic carboxylic acids is 1. The number of hydrogen-bond acceptors (Lipinski definition) is 4. The van der Waals surface area contributed by atoms with Crippen molar-refractivity contribution in [2.24, 2.45) is 0 Å². The van der Waals surface area contributed by atoms with Crippen LogP contribution in [-0.2, 0) is 4.79 Å². The van der Waals surface area contributed by atoms with Crippen LogP contribution in [0.5, 0.6) is 0 Å². The first-order valence-electron chi connectivity index (χ1n) is 1.66. The van der Waals surface area contributed by atoms with E-state index in [0.29, 0.717) is 0 Å². The molecule has 7 nitrogen and oxygen atoms in total. The second kappa shape index (κ2) is 6.63. The number of carbonyl (C=O) groups is 1. The van der Waals surface area contributed by atoms with Gasteiger partial charge in [-0.05, 0) is 0 Å². The molecule has 0 atom stereocenters. The third-order valence-corrected chi connectivity index (χ3v) is 0.135. The van der Waals surface area contributed by atoms with E-state index in [2.05, 4.69) is 0 Å². The number of aliphatic hydroxyl groups is 1. The third-order valence-electron chi connectivity index (χ3n) is 0.135. The second-order valence-electron chi connectivity index (χ2n) is 0.790. The van der Waals surface area contributed by atoms with Crippen LogP contribution in [-0.4, -0.2) is 33.1 Å². The average Bonchev–Trinajstić information content (AvgIpc) is 1.65. The molecule has 0 rings (SSSR count). The summed E-state index contributed by atoms with van der Waals surface area (Å²) in [4.78, 5) is 17.5. The summed E-state index contributed by atoms with van der Waals surface area (Å²) in [5.74, 6) is -1.19. The van der Waals surface area contributed by atoms with Gasteiger partial charge in [-0.25, -0.2) is 4.79 Å². The van der Waals surface area contributed by atoms with Crippen LogP contribution < -0.4 is 0 Å². The molecule has 0 aromatic carbocycles. The van der Waals surface area contributed by atoms with Crippen molar-refractivity contribution in [3.05, 3.63) is 10.1 Å². The van der Waals surface area contributed by atoms with Crippen LogP contribution >= 0.6 is 0 Å². The van der Waals surface area contributed by atoms with Gasteiger partial charge in [0.2, 0.25) is 0 Å². The highest BCUT2D eigenvalue weighted by Gasteiger charge is 1.82. The predicted octanol–water partition coefficient (Wildman–Crippen LogP) is -1.28. The smallest absolute Gasteiger partial charge is 0.329 e. The highest BCUT2D eigenvalue weighted by molar-refractivity contribution is 5.67. The molecule has 0 spiro atoms. The Hall–Kier alpha value is -1.37. The summed E-state index contributed by atoms with van der Waals surface area (Å²) in [7, 11) is 0. The lowest BCUT2D eigenvalue weighted by molar-refractivity contribution is -0.742. The first kappa shape index (κ1) is 10.6. The van der Waals surface area contributed by atoms with Gasteiger partial charge >= 0.3 is 5.97 Å². The molecule has 0 aliphatic rings. The van der Waals surface area contributed by atoms with Crippen LogP contribution in [0.1, 0.15) is 0 Å². The van der Waals surface area contributed by atoms with E-state index in [1.807, 2.05) is 0 Å². The molecule has 0 aromatic rings. The van der Waals surface area contributed by atoms with Crippen molar-refractivity contribution in [3.8, 4) is 0 Å². The molecule has 0 aliphatic carbocycles. The van der Waals surface area contributed by atoms with E-state index in [0.717, 1.165) is 0 Å². The largest absolute Gasteiger partial charge is 0.480 e. The van der Waals surface area contributed by atoms with Gasteiger partial charge in [0.15, 0.2) is 0 Å². The molecule has 0 fully saturated rings. The van der Waals surface area contributed by atoms with Gasteiger partial charge in [-0.15, -0.1) is 10.1 Å². The fourth-order valence-corrected chi connectivity index (χ4v) is 0. The standard InChI is InChI=1S/C2H4O3.HNO3/c3-1-2(4)5;2-1(3)4/h3H,1H2,(H,4,5);(H,2,3,4). The molecule has 0 unspecified atom stereocenters. The third kappa shape index (κ3) is 358. The molecule has 0 heterocycles. The maximum Gasteiger partial charge on any atom is 0.329 e. The Labute approximate surface area is 49.3 Å². The zero-order chi connectivity index (χ0) is 7.86. The number of hydrogen-bond donors (Lipinski definition) is 3. The van der Waals surface area contributed by atoms with Gasteiger partial charge in [0.25, 0.3) is 5.09 Å². The number of carboxylic acids is 1. The van der Waals surface area contributed by atoms with E-state index in [-0.39, 0.29) is 0 Å². The summed E-state index contributed by atoms with van der Waals surface area (Å²) >= 11 is 0. The van der Waals surface area contributed by atoms with Crippen molar-refractivity contribution < 1.29 is 25.3 Å². The van der Waals surface area contributed by atoms with E-state index in [4.69, 9.17) is 30.3 Å². The Morgan fingerprint density at radius 3 is 1.78 bits per heavy atom. The molecule has 7 heteroatoms. The molecular weight excluding hydrogens is 134 g/mol. The van der Waals surface area contributed by atoms with Gasteiger partial charge in [-0.3, -0.25) is 0 Å². The van der Waals surface area contributed by atoms with Gasteiger partial charge < -0.3 is 15.4 Å². The lowest BCUT2D eigenvalue weighted by Gasteiger charge is -1.72. The molecule has 0 amide bonds. The van der Waals surface area contributed by atoms with Crippen LogP contribution in [0.3, 0.4) is 0 Å². The monoisotopic (exact) mass is 139 g/mol. The molecular formula is C2H5NO6. The Bertz CT molecular complexity index is 95.2. The summed E-state index contributed by atoms with van der Waals surface area (Å²) < 4.78 is 0. The van der Waals surface area contributed by atoms with Gasteiger partial charge in [0.1, 0.15) is 6.61 Å². The summed E-state index contributed by atoms with van der Waals surface area (Å²) in [6.07, 6.45) is 0. The SMILES string of the molecule is O=C(O)CO.O=[N+]([O-])O. The fraction of sp³-hybridized carbons (Fsp3) is 0.500. The Morgan fingerprint density at radius 2 is 1.78 bits per heavy atom. The molecule has 0 bridgehead atoms. The first-order valence-corrected chi connectivity index (χ1v) is 1.66. The number of rotatable bonds is 1. The highest BCUT2D eigenvalue weighted by atomic mass is 16.9. The minimum Gasteiger partial charge on any atom is -0.480 e. The van der Waals surface area contributed by atoms with Gasteiger partial charge in [0, 0.05) is 0 Å². The fourth-order valence-electron chi connectivity index (χ4n) is 0. The molecule has 0 radical (unpaired) electrons. The van der Waals surface area contributed by atoms with Crippen molar-refractivity contribution in [3.63, 3.8) is 0 Å². The van der Waals surface area contributed by atoms with Crippen LogP contribution in [0, 0.1) is 10.1 Å². The molecule has 3 N–H and O–H groups in total. The molecule has 0 saturated heterocycles. The minimum absolute atomic E-state index is 0.778. The van der Waals surface area contributed by atoms with E-state index in [1.165, 1.54) is 0 Å². The number of aliphatic hydroxyl groups excluding tert-OH is 1. The average molecular weight is 139 g/mol. The van der Waals surface area contributed by atoms with E-state index < -0.39 is 17.7 Å². The second-order valence-corrected chi connectivity index (χ2v) is 0.790. The van der Waals surface area contributed by atoms with Crippen LogP contribution in [0.25, 0.3) is 0 Å². The Morgan fingerprint density at radius 1 is 1.67 bits per heavy atom. The molecule has 0 saturated carbocycles.